The summed E-state index contributed by atoms with van der Waals surface area (Å²) < 4.78 is 5.64. The quantitative estimate of drug-likeness (QED) is 0.497. The Balaban J connectivity index is 1.94. The minimum atomic E-state index is -0.239. The number of amides is 2. The van der Waals surface area contributed by atoms with Crippen LogP contribution < -0.4 is 20.7 Å². The van der Waals surface area contributed by atoms with Crippen LogP contribution in [0.3, 0.4) is 0 Å². The van der Waals surface area contributed by atoms with E-state index < -0.39 is 0 Å². The van der Waals surface area contributed by atoms with Gasteiger partial charge in [-0.3, -0.25) is 9.59 Å². The third kappa shape index (κ3) is 7.07. The van der Waals surface area contributed by atoms with Gasteiger partial charge in [0.2, 0.25) is 5.91 Å². The van der Waals surface area contributed by atoms with Gasteiger partial charge in [0.05, 0.1) is 6.61 Å². The predicted molar refractivity (Wildman–Crippen MR) is 111 cm³/mol. The van der Waals surface area contributed by atoms with Crippen molar-refractivity contribution in [3.63, 3.8) is 0 Å². The first-order chi connectivity index (χ1) is 13.0. The summed E-state index contributed by atoms with van der Waals surface area (Å²) in [6, 6.07) is 14.1. The molecule has 2 aromatic rings. The molecular weight excluding hydrogens is 362 g/mol. The van der Waals surface area contributed by atoms with Gasteiger partial charge >= 0.3 is 0 Å². The van der Waals surface area contributed by atoms with Gasteiger partial charge < -0.3 is 20.7 Å². The van der Waals surface area contributed by atoms with Gasteiger partial charge in [0, 0.05) is 23.9 Å². The first-order valence-electron chi connectivity index (χ1n) is 8.71. The summed E-state index contributed by atoms with van der Waals surface area (Å²) >= 11 is 5.00. The highest BCUT2D eigenvalue weighted by atomic mass is 32.1. The van der Waals surface area contributed by atoms with E-state index >= 15 is 0 Å². The van der Waals surface area contributed by atoms with Crippen LogP contribution >= 0.6 is 12.2 Å². The van der Waals surface area contributed by atoms with Gasteiger partial charge in [-0.15, -0.1) is 0 Å². The van der Waals surface area contributed by atoms with Gasteiger partial charge in [-0.1, -0.05) is 19.4 Å². The van der Waals surface area contributed by atoms with E-state index in [4.69, 9.17) is 17.0 Å². The van der Waals surface area contributed by atoms with Gasteiger partial charge in [-0.2, -0.15) is 0 Å². The summed E-state index contributed by atoms with van der Waals surface area (Å²) in [6.45, 7) is 4.12. The SMILES string of the molecule is CCCCOc1cccc(C(=O)Nc2ccc(NC(=S)NC(C)=O)cc2)c1. The van der Waals surface area contributed by atoms with Crippen LogP contribution in [0, 0.1) is 0 Å². The largest absolute Gasteiger partial charge is 0.494 e. The molecule has 0 bridgehead atoms. The lowest BCUT2D eigenvalue weighted by molar-refractivity contribution is -0.117. The summed E-state index contributed by atoms with van der Waals surface area (Å²) in [5, 5.41) is 8.43. The monoisotopic (exact) mass is 385 g/mol. The summed E-state index contributed by atoms with van der Waals surface area (Å²) in [6.07, 6.45) is 2.03. The maximum atomic E-state index is 12.4. The fraction of sp³-hybridized carbons (Fsp3) is 0.250. The van der Waals surface area contributed by atoms with Gasteiger partial charge in [-0.25, -0.2) is 0 Å². The molecule has 142 valence electrons. The van der Waals surface area contributed by atoms with Crippen molar-refractivity contribution in [1.29, 1.82) is 0 Å². The number of hydrogen-bond donors (Lipinski definition) is 3. The Kier molecular flexibility index (Phi) is 7.76. The van der Waals surface area contributed by atoms with Crippen molar-refractivity contribution in [2.75, 3.05) is 17.2 Å². The predicted octanol–water partition coefficient (Wildman–Crippen LogP) is 3.95. The zero-order valence-electron chi connectivity index (χ0n) is 15.4. The molecule has 0 unspecified atom stereocenters. The number of nitrogens with one attached hydrogen (secondary N) is 3. The molecule has 0 aliphatic rings. The van der Waals surface area contributed by atoms with E-state index in [-0.39, 0.29) is 16.9 Å². The van der Waals surface area contributed by atoms with E-state index in [1.54, 1.807) is 42.5 Å². The van der Waals surface area contributed by atoms with Crippen LogP contribution in [0.1, 0.15) is 37.0 Å². The minimum Gasteiger partial charge on any atom is -0.494 e. The fourth-order valence-corrected chi connectivity index (χ4v) is 2.49. The first-order valence-corrected chi connectivity index (χ1v) is 9.11. The summed E-state index contributed by atoms with van der Waals surface area (Å²) in [7, 11) is 0. The Morgan fingerprint density at radius 2 is 1.70 bits per heavy atom. The molecule has 0 saturated heterocycles. The Bertz CT molecular complexity index is 806. The first kappa shape index (κ1) is 20.4. The highest BCUT2D eigenvalue weighted by Crippen LogP contribution is 2.17. The van der Waals surface area contributed by atoms with Crippen LogP contribution in [0.2, 0.25) is 0 Å². The minimum absolute atomic E-state index is 0.217. The third-order valence-electron chi connectivity index (χ3n) is 3.55. The smallest absolute Gasteiger partial charge is 0.255 e. The van der Waals surface area contributed by atoms with Crippen LogP contribution in [-0.2, 0) is 4.79 Å². The summed E-state index contributed by atoms with van der Waals surface area (Å²) in [5.41, 5.74) is 1.88. The number of hydrogen-bond acceptors (Lipinski definition) is 4. The summed E-state index contributed by atoms with van der Waals surface area (Å²) in [5.74, 6) is 0.227. The molecule has 7 heteroatoms. The van der Waals surface area contributed by atoms with E-state index in [2.05, 4.69) is 22.9 Å². The van der Waals surface area contributed by atoms with Crippen molar-refractivity contribution >= 4 is 40.5 Å². The molecule has 27 heavy (non-hydrogen) atoms. The molecule has 2 rings (SSSR count). The Morgan fingerprint density at radius 1 is 1.04 bits per heavy atom. The molecule has 0 spiro atoms. The average Bonchev–Trinajstić information content (AvgIpc) is 2.63. The Labute approximate surface area is 164 Å². The number of rotatable bonds is 7. The van der Waals surface area contributed by atoms with E-state index in [0.717, 1.165) is 12.8 Å². The lowest BCUT2D eigenvalue weighted by Crippen LogP contribution is -2.32. The molecule has 0 saturated carbocycles. The van der Waals surface area contributed by atoms with Crippen molar-refractivity contribution in [3.8, 4) is 5.75 Å². The highest BCUT2D eigenvalue weighted by Gasteiger charge is 2.08. The van der Waals surface area contributed by atoms with Crippen molar-refractivity contribution < 1.29 is 14.3 Å². The van der Waals surface area contributed by atoms with Crippen molar-refractivity contribution in [1.82, 2.24) is 5.32 Å². The van der Waals surface area contributed by atoms with E-state index in [0.29, 0.717) is 29.3 Å². The summed E-state index contributed by atoms with van der Waals surface area (Å²) in [4.78, 5) is 23.4. The standard InChI is InChI=1S/C20H23N3O3S/c1-3-4-12-26-18-7-5-6-15(13-18)19(25)22-16-8-10-17(11-9-16)23-20(27)21-14(2)24/h5-11,13H,3-4,12H2,1-2H3,(H,22,25)(H2,21,23,24,27). The second kappa shape index (κ2) is 10.3. The fourth-order valence-electron chi connectivity index (χ4n) is 2.22. The molecule has 0 aliphatic carbocycles. The molecule has 0 aromatic heterocycles. The average molecular weight is 385 g/mol. The second-order valence-electron chi connectivity index (χ2n) is 5.90. The number of ether oxygens (including phenoxy) is 1. The zero-order chi connectivity index (χ0) is 19.6. The molecule has 0 aliphatic heterocycles. The molecule has 2 amide bonds. The molecule has 0 fully saturated rings. The molecule has 0 atom stereocenters. The molecule has 6 nitrogen and oxygen atoms in total. The van der Waals surface area contributed by atoms with Crippen LogP contribution in [0.4, 0.5) is 11.4 Å². The van der Waals surface area contributed by atoms with Crippen molar-refractivity contribution in [3.05, 3.63) is 54.1 Å². The number of benzene rings is 2. The lowest BCUT2D eigenvalue weighted by Gasteiger charge is -2.10. The van der Waals surface area contributed by atoms with E-state index in [1.165, 1.54) is 6.92 Å². The molecule has 2 aromatic carbocycles. The van der Waals surface area contributed by atoms with Crippen LogP contribution in [0.5, 0.6) is 5.75 Å². The molecular formula is C20H23N3O3S. The van der Waals surface area contributed by atoms with Gasteiger partial charge in [0.15, 0.2) is 5.11 Å². The second-order valence-corrected chi connectivity index (χ2v) is 6.30. The van der Waals surface area contributed by atoms with Crippen molar-refractivity contribution in [2.45, 2.75) is 26.7 Å². The van der Waals surface area contributed by atoms with Crippen molar-refractivity contribution in [2.24, 2.45) is 0 Å². The number of carbonyl (C=O) groups is 2. The topological polar surface area (TPSA) is 79.5 Å². The molecule has 0 heterocycles. The number of unbranched alkanes of at least 4 members (excludes halogenated alkanes) is 1. The van der Waals surface area contributed by atoms with Gasteiger partial charge in [-0.05, 0) is 61.1 Å². The third-order valence-corrected chi connectivity index (χ3v) is 3.76. The van der Waals surface area contributed by atoms with Gasteiger partial charge in [0.1, 0.15) is 5.75 Å². The van der Waals surface area contributed by atoms with Crippen LogP contribution in [0.15, 0.2) is 48.5 Å². The normalized spacial score (nSPS) is 10.0. The maximum absolute atomic E-state index is 12.4. The maximum Gasteiger partial charge on any atom is 0.255 e. The number of anilines is 2. The lowest BCUT2D eigenvalue weighted by atomic mass is 10.2. The van der Waals surface area contributed by atoms with E-state index in [1.807, 2.05) is 6.07 Å². The van der Waals surface area contributed by atoms with Gasteiger partial charge in [0.25, 0.3) is 5.91 Å². The Hall–Kier alpha value is -2.93. The van der Waals surface area contributed by atoms with Crippen LogP contribution in [-0.4, -0.2) is 23.5 Å². The number of thiocarbonyl (C=S) groups is 1. The molecule has 3 N–H and O–H groups in total. The Morgan fingerprint density at radius 3 is 2.33 bits per heavy atom. The zero-order valence-corrected chi connectivity index (χ0v) is 16.2. The van der Waals surface area contributed by atoms with Crippen LogP contribution in [0.25, 0.3) is 0 Å². The van der Waals surface area contributed by atoms with E-state index in [9.17, 15) is 9.59 Å². The number of carbonyl (C=O) groups excluding carboxylic acids is 2. The molecule has 0 radical (unpaired) electrons. The highest BCUT2D eigenvalue weighted by molar-refractivity contribution is 7.80.